The third-order valence-corrected chi connectivity index (χ3v) is 4.71. The highest BCUT2D eigenvalue weighted by atomic mass is 35.5. The molecule has 21 heavy (non-hydrogen) atoms. The number of halogens is 3. The van der Waals surface area contributed by atoms with Gasteiger partial charge in [-0.1, -0.05) is 0 Å². The van der Waals surface area contributed by atoms with E-state index in [4.69, 9.17) is 10.5 Å². The summed E-state index contributed by atoms with van der Waals surface area (Å²) in [7, 11) is 1.80. The quantitative estimate of drug-likeness (QED) is 0.833. The van der Waals surface area contributed by atoms with Crippen molar-refractivity contribution in [1.82, 2.24) is 9.80 Å². The van der Waals surface area contributed by atoms with Crippen LogP contribution in [0.15, 0.2) is 0 Å². The Morgan fingerprint density at radius 3 is 2.05 bits per heavy atom. The smallest absolute Gasteiger partial charge is 0.0737 e. The van der Waals surface area contributed by atoms with Crippen LogP contribution < -0.4 is 5.73 Å². The summed E-state index contributed by atoms with van der Waals surface area (Å²) in [5.74, 6) is 0. The van der Waals surface area contributed by atoms with Gasteiger partial charge in [-0.25, -0.2) is 0 Å². The van der Waals surface area contributed by atoms with Crippen molar-refractivity contribution < 1.29 is 4.74 Å². The number of ether oxygens (including phenoxy) is 1. The predicted octanol–water partition coefficient (Wildman–Crippen LogP) is 2.17. The SMILES string of the molecule is COC1CCCC(N2CCN(C(C)C)CC2)C1N.Cl.Cl.Cl. The molecule has 4 nitrogen and oxygen atoms in total. The number of nitrogens with two attached hydrogens (primary N) is 1. The van der Waals surface area contributed by atoms with Crippen molar-refractivity contribution in [3.05, 3.63) is 0 Å². The number of methoxy groups -OCH3 is 1. The third kappa shape index (κ3) is 6.02. The van der Waals surface area contributed by atoms with Crippen molar-refractivity contribution in [3.63, 3.8) is 0 Å². The lowest BCUT2D eigenvalue weighted by atomic mass is 9.87. The monoisotopic (exact) mass is 363 g/mol. The minimum Gasteiger partial charge on any atom is -0.380 e. The summed E-state index contributed by atoms with van der Waals surface area (Å²) in [5, 5.41) is 0. The van der Waals surface area contributed by atoms with Gasteiger partial charge in [0.2, 0.25) is 0 Å². The number of piperazine rings is 1. The number of nitrogens with zero attached hydrogens (tertiary/aromatic N) is 2. The van der Waals surface area contributed by atoms with Gasteiger partial charge in [0.15, 0.2) is 0 Å². The van der Waals surface area contributed by atoms with Crippen molar-refractivity contribution in [2.45, 2.75) is 57.3 Å². The molecule has 2 N–H and O–H groups in total. The molecule has 1 saturated heterocycles. The normalized spacial score (nSPS) is 31.0. The van der Waals surface area contributed by atoms with E-state index in [9.17, 15) is 0 Å². The molecule has 7 heteroatoms. The van der Waals surface area contributed by atoms with Gasteiger partial charge >= 0.3 is 0 Å². The number of hydrogen-bond acceptors (Lipinski definition) is 4. The average molecular weight is 365 g/mol. The lowest BCUT2D eigenvalue weighted by Gasteiger charge is -2.46. The van der Waals surface area contributed by atoms with Gasteiger partial charge in [-0.2, -0.15) is 0 Å². The summed E-state index contributed by atoms with van der Waals surface area (Å²) in [6.45, 7) is 9.24. The van der Waals surface area contributed by atoms with Crippen LogP contribution in [0.2, 0.25) is 0 Å². The van der Waals surface area contributed by atoms with Gasteiger partial charge in [-0.3, -0.25) is 9.80 Å². The Balaban J connectivity index is 0. The molecule has 1 heterocycles. The molecule has 2 fully saturated rings. The number of hydrogen-bond donors (Lipinski definition) is 1. The largest absolute Gasteiger partial charge is 0.380 e. The van der Waals surface area contributed by atoms with E-state index in [1.165, 1.54) is 25.9 Å². The lowest BCUT2D eigenvalue weighted by molar-refractivity contribution is -0.00839. The minimum atomic E-state index is 0. The van der Waals surface area contributed by atoms with Gasteiger partial charge in [0.1, 0.15) is 0 Å². The van der Waals surface area contributed by atoms with Crippen molar-refractivity contribution in [3.8, 4) is 0 Å². The zero-order valence-corrected chi connectivity index (χ0v) is 15.8. The van der Waals surface area contributed by atoms with Crippen LogP contribution in [0, 0.1) is 0 Å². The second-order valence-electron chi connectivity index (χ2n) is 6.02. The van der Waals surface area contributed by atoms with E-state index < -0.39 is 0 Å². The van der Waals surface area contributed by atoms with E-state index in [0.717, 1.165) is 19.5 Å². The third-order valence-electron chi connectivity index (χ3n) is 4.71. The lowest BCUT2D eigenvalue weighted by Crippen LogP contribution is -2.60. The van der Waals surface area contributed by atoms with Crippen LogP contribution in [-0.2, 0) is 4.74 Å². The van der Waals surface area contributed by atoms with E-state index in [1.807, 2.05) is 0 Å². The highest BCUT2D eigenvalue weighted by Gasteiger charge is 2.35. The Morgan fingerprint density at radius 2 is 1.57 bits per heavy atom. The van der Waals surface area contributed by atoms with Gasteiger partial charge in [0.25, 0.3) is 0 Å². The molecule has 3 atom stereocenters. The van der Waals surface area contributed by atoms with E-state index in [2.05, 4.69) is 23.6 Å². The first-order valence-electron chi connectivity index (χ1n) is 7.40. The fraction of sp³-hybridized carbons (Fsp3) is 1.00. The van der Waals surface area contributed by atoms with Crippen LogP contribution in [0.25, 0.3) is 0 Å². The summed E-state index contributed by atoms with van der Waals surface area (Å²) in [4.78, 5) is 5.15. The molecular weight excluding hydrogens is 333 g/mol. The van der Waals surface area contributed by atoms with Crippen LogP contribution in [0.4, 0.5) is 0 Å². The van der Waals surface area contributed by atoms with Crippen molar-refractivity contribution >= 4 is 37.2 Å². The summed E-state index contributed by atoms with van der Waals surface area (Å²) in [6.07, 6.45) is 3.87. The first-order chi connectivity index (χ1) is 8.63. The molecule has 0 bridgehead atoms. The van der Waals surface area contributed by atoms with Crippen LogP contribution in [0.3, 0.4) is 0 Å². The van der Waals surface area contributed by atoms with Crippen LogP contribution in [0.5, 0.6) is 0 Å². The van der Waals surface area contributed by atoms with E-state index in [1.54, 1.807) is 7.11 Å². The van der Waals surface area contributed by atoms with E-state index in [0.29, 0.717) is 12.1 Å². The highest BCUT2D eigenvalue weighted by molar-refractivity contribution is 5.86. The summed E-state index contributed by atoms with van der Waals surface area (Å²) in [5.41, 5.74) is 6.38. The zero-order chi connectivity index (χ0) is 13.1. The molecule has 1 aliphatic carbocycles. The number of rotatable bonds is 3. The molecule has 0 aromatic rings. The van der Waals surface area contributed by atoms with Crippen molar-refractivity contribution in [2.75, 3.05) is 33.3 Å². The first kappa shape index (κ1) is 24.0. The van der Waals surface area contributed by atoms with Gasteiger partial charge < -0.3 is 10.5 Å². The van der Waals surface area contributed by atoms with Crippen molar-refractivity contribution in [2.24, 2.45) is 5.73 Å². The fourth-order valence-electron chi connectivity index (χ4n) is 3.45. The molecule has 0 aromatic carbocycles. The summed E-state index contributed by atoms with van der Waals surface area (Å²) in [6, 6.07) is 1.38. The Labute approximate surface area is 148 Å². The molecule has 3 unspecified atom stereocenters. The molecule has 1 saturated carbocycles. The maximum absolute atomic E-state index is 6.38. The van der Waals surface area contributed by atoms with E-state index in [-0.39, 0.29) is 49.4 Å². The molecule has 0 amide bonds. The summed E-state index contributed by atoms with van der Waals surface area (Å²) >= 11 is 0. The Morgan fingerprint density at radius 1 is 1.00 bits per heavy atom. The summed E-state index contributed by atoms with van der Waals surface area (Å²) < 4.78 is 5.52. The topological polar surface area (TPSA) is 41.7 Å². The van der Waals surface area contributed by atoms with Gasteiger partial charge in [0, 0.05) is 51.4 Å². The molecule has 130 valence electrons. The molecule has 0 spiro atoms. The maximum Gasteiger partial charge on any atom is 0.0737 e. The van der Waals surface area contributed by atoms with Gasteiger partial charge in [-0.15, -0.1) is 37.2 Å². The van der Waals surface area contributed by atoms with Crippen molar-refractivity contribution in [1.29, 1.82) is 0 Å². The fourth-order valence-corrected chi connectivity index (χ4v) is 3.45. The first-order valence-corrected chi connectivity index (χ1v) is 7.40. The van der Waals surface area contributed by atoms with Gasteiger partial charge in [-0.05, 0) is 33.1 Å². The molecular formula is C14H32Cl3N3O. The molecule has 1 aliphatic heterocycles. The van der Waals surface area contributed by atoms with Crippen LogP contribution in [-0.4, -0.2) is 67.3 Å². The Hall–Kier alpha value is 0.710. The second-order valence-corrected chi connectivity index (χ2v) is 6.02. The molecule has 0 aromatic heterocycles. The minimum absolute atomic E-state index is 0. The Bertz CT molecular complexity index is 264. The molecule has 2 rings (SSSR count). The molecule has 2 aliphatic rings. The second kappa shape index (κ2) is 11.3. The molecule has 0 radical (unpaired) electrons. The van der Waals surface area contributed by atoms with Crippen LogP contribution in [0.1, 0.15) is 33.1 Å². The predicted molar refractivity (Wildman–Crippen MR) is 96.4 cm³/mol. The highest BCUT2D eigenvalue weighted by Crippen LogP contribution is 2.25. The van der Waals surface area contributed by atoms with E-state index >= 15 is 0 Å². The Kier molecular flexibility index (Phi) is 12.9. The zero-order valence-electron chi connectivity index (χ0n) is 13.4. The van der Waals surface area contributed by atoms with Crippen LogP contribution >= 0.6 is 37.2 Å². The average Bonchev–Trinajstić information content (AvgIpc) is 2.39. The van der Waals surface area contributed by atoms with Gasteiger partial charge in [0.05, 0.1) is 6.10 Å². The standard InChI is InChI=1S/C14H29N3O.3ClH/c1-11(2)16-7-9-17(10-8-16)12-5-4-6-13(18-3)14(12)15;;;/h11-14H,4-10,15H2,1-3H3;3*1H. The maximum atomic E-state index is 6.38.